The van der Waals surface area contributed by atoms with Crippen molar-refractivity contribution < 1.29 is 19.1 Å². The average Bonchev–Trinajstić information content (AvgIpc) is 3.07. The van der Waals surface area contributed by atoms with Crippen molar-refractivity contribution in [2.75, 3.05) is 20.2 Å². The van der Waals surface area contributed by atoms with Crippen molar-refractivity contribution in [2.24, 2.45) is 0 Å². The molecular formula is C18H19N3O4S. The molecule has 7 nitrogen and oxygen atoms in total. The Morgan fingerprint density at radius 1 is 1.31 bits per heavy atom. The predicted molar refractivity (Wildman–Crippen MR) is 95.8 cm³/mol. The molecule has 0 saturated carbocycles. The summed E-state index contributed by atoms with van der Waals surface area (Å²) >= 11 is 1.56. The number of hydrogen-bond acceptors (Lipinski definition) is 7. The molecule has 0 aliphatic carbocycles. The highest BCUT2D eigenvalue weighted by Gasteiger charge is 2.13. The first-order chi connectivity index (χ1) is 12.5. The summed E-state index contributed by atoms with van der Waals surface area (Å²) < 4.78 is 10.6. The first-order valence-corrected chi connectivity index (χ1v) is 8.79. The van der Waals surface area contributed by atoms with Crippen LogP contribution in [-0.4, -0.2) is 42.0 Å². The normalized spacial score (nSPS) is 10.0. The number of likely N-dealkylation sites (N-methyl/N-ethyl adjacent to an activating group) is 1. The molecule has 1 aromatic carbocycles. The summed E-state index contributed by atoms with van der Waals surface area (Å²) in [5, 5.41) is 11.4. The Hall–Kier alpha value is -2.92. The zero-order valence-corrected chi connectivity index (χ0v) is 15.4. The van der Waals surface area contributed by atoms with Gasteiger partial charge in [-0.05, 0) is 31.2 Å². The van der Waals surface area contributed by atoms with Crippen LogP contribution in [0, 0.1) is 18.3 Å². The van der Waals surface area contributed by atoms with Crippen LogP contribution in [0.1, 0.15) is 27.5 Å². The van der Waals surface area contributed by atoms with Crippen molar-refractivity contribution in [2.45, 2.75) is 20.0 Å². The van der Waals surface area contributed by atoms with E-state index in [4.69, 9.17) is 14.7 Å². The van der Waals surface area contributed by atoms with Gasteiger partial charge in [0.2, 0.25) is 0 Å². The van der Waals surface area contributed by atoms with E-state index >= 15 is 0 Å². The third-order valence-corrected chi connectivity index (χ3v) is 4.28. The van der Waals surface area contributed by atoms with Gasteiger partial charge in [-0.25, -0.2) is 9.78 Å². The number of carbonyl (C=O) groups excluding carboxylic acids is 2. The van der Waals surface area contributed by atoms with Gasteiger partial charge < -0.3 is 14.4 Å². The fourth-order valence-corrected chi connectivity index (χ4v) is 2.58. The first-order valence-electron chi connectivity index (χ1n) is 7.91. The lowest BCUT2D eigenvalue weighted by molar-refractivity contribution is -0.133. The second kappa shape index (κ2) is 9.53. The quantitative estimate of drug-likeness (QED) is 0.660. The van der Waals surface area contributed by atoms with Crippen molar-refractivity contribution in [3.8, 4) is 11.8 Å². The van der Waals surface area contributed by atoms with E-state index in [1.54, 1.807) is 42.6 Å². The van der Waals surface area contributed by atoms with E-state index in [1.165, 1.54) is 4.90 Å². The summed E-state index contributed by atoms with van der Waals surface area (Å²) in [6, 6.07) is 8.44. The van der Waals surface area contributed by atoms with Crippen LogP contribution in [0.4, 0.5) is 0 Å². The molecule has 0 atom stereocenters. The molecule has 0 spiro atoms. The molecule has 26 heavy (non-hydrogen) atoms. The summed E-state index contributed by atoms with van der Waals surface area (Å²) in [6.45, 7) is 2.23. The van der Waals surface area contributed by atoms with Gasteiger partial charge in [0.15, 0.2) is 6.61 Å². The van der Waals surface area contributed by atoms with Crippen LogP contribution in [0.3, 0.4) is 0 Å². The standard InChI is InChI=1S/C18H19N3O4S/c1-13-20-15(12-26-13)10-24-16-6-4-14(5-7-16)18(23)25-11-17(22)21(2)9-3-8-19/h4-7,12H,3,9-11H2,1-2H3. The first kappa shape index (κ1) is 19.4. The Morgan fingerprint density at radius 2 is 2.04 bits per heavy atom. The minimum atomic E-state index is -0.589. The molecule has 1 heterocycles. The highest BCUT2D eigenvalue weighted by atomic mass is 32.1. The van der Waals surface area contributed by atoms with Gasteiger partial charge in [-0.1, -0.05) is 0 Å². The Labute approximate surface area is 155 Å². The predicted octanol–water partition coefficient (Wildman–Crippen LogP) is 2.56. The van der Waals surface area contributed by atoms with Gasteiger partial charge in [0.25, 0.3) is 5.91 Å². The Kier molecular flexibility index (Phi) is 7.12. The molecule has 0 N–H and O–H groups in total. The van der Waals surface area contributed by atoms with Gasteiger partial charge in [-0.15, -0.1) is 11.3 Å². The minimum Gasteiger partial charge on any atom is -0.487 e. The van der Waals surface area contributed by atoms with Crippen molar-refractivity contribution in [3.63, 3.8) is 0 Å². The van der Waals surface area contributed by atoms with Crippen molar-refractivity contribution in [1.82, 2.24) is 9.88 Å². The van der Waals surface area contributed by atoms with E-state index in [2.05, 4.69) is 4.98 Å². The van der Waals surface area contributed by atoms with Gasteiger partial charge in [-0.2, -0.15) is 5.26 Å². The van der Waals surface area contributed by atoms with E-state index in [0.717, 1.165) is 10.7 Å². The lowest BCUT2D eigenvalue weighted by Gasteiger charge is -2.15. The smallest absolute Gasteiger partial charge is 0.338 e. The molecular weight excluding hydrogens is 354 g/mol. The van der Waals surface area contributed by atoms with Gasteiger partial charge in [0.1, 0.15) is 12.4 Å². The molecule has 136 valence electrons. The summed E-state index contributed by atoms with van der Waals surface area (Å²) in [5.74, 6) is -0.333. The third kappa shape index (κ3) is 5.86. The lowest BCUT2D eigenvalue weighted by Crippen LogP contribution is -2.31. The zero-order chi connectivity index (χ0) is 18.9. The summed E-state index contributed by atoms with van der Waals surface area (Å²) in [6.07, 6.45) is 0.234. The maximum absolute atomic E-state index is 12.0. The Bertz CT molecular complexity index is 796. The van der Waals surface area contributed by atoms with Crippen LogP contribution in [0.2, 0.25) is 0 Å². The van der Waals surface area contributed by atoms with Crippen LogP contribution in [0.5, 0.6) is 5.75 Å². The number of aromatic nitrogens is 1. The van der Waals surface area contributed by atoms with Gasteiger partial charge in [0, 0.05) is 19.0 Å². The fraction of sp³-hybridized carbons (Fsp3) is 0.333. The number of rotatable bonds is 8. The molecule has 1 amide bonds. The van der Waals surface area contributed by atoms with E-state index in [0.29, 0.717) is 24.5 Å². The monoisotopic (exact) mass is 373 g/mol. The number of hydrogen-bond donors (Lipinski definition) is 0. The Morgan fingerprint density at radius 3 is 2.65 bits per heavy atom. The largest absolute Gasteiger partial charge is 0.487 e. The van der Waals surface area contributed by atoms with E-state index in [9.17, 15) is 9.59 Å². The van der Waals surface area contributed by atoms with Crippen LogP contribution in [0.25, 0.3) is 0 Å². The molecule has 0 fully saturated rings. The molecule has 0 unspecified atom stereocenters. The molecule has 1 aromatic heterocycles. The second-order valence-electron chi connectivity index (χ2n) is 5.47. The molecule has 0 bridgehead atoms. The number of benzene rings is 1. The van der Waals surface area contributed by atoms with Gasteiger partial charge in [-0.3, -0.25) is 4.79 Å². The van der Waals surface area contributed by atoms with E-state index in [1.807, 2.05) is 18.4 Å². The second-order valence-corrected chi connectivity index (χ2v) is 6.53. The van der Waals surface area contributed by atoms with Crippen molar-refractivity contribution in [3.05, 3.63) is 45.9 Å². The molecule has 0 aliphatic rings. The topological polar surface area (TPSA) is 92.5 Å². The zero-order valence-electron chi connectivity index (χ0n) is 14.6. The van der Waals surface area contributed by atoms with E-state index < -0.39 is 5.97 Å². The molecule has 0 aliphatic heterocycles. The highest BCUT2D eigenvalue weighted by molar-refractivity contribution is 7.09. The Balaban J connectivity index is 1.80. The van der Waals surface area contributed by atoms with Crippen molar-refractivity contribution >= 4 is 23.2 Å². The number of nitriles is 1. The van der Waals surface area contributed by atoms with Crippen LogP contribution in [0.15, 0.2) is 29.6 Å². The maximum Gasteiger partial charge on any atom is 0.338 e. The fourth-order valence-electron chi connectivity index (χ4n) is 1.98. The summed E-state index contributed by atoms with van der Waals surface area (Å²) in [7, 11) is 1.56. The minimum absolute atomic E-state index is 0.234. The molecule has 2 rings (SSSR count). The number of aryl methyl sites for hydroxylation is 1. The van der Waals surface area contributed by atoms with Crippen molar-refractivity contribution in [1.29, 1.82) is 5.26 Å². The number of thiazole rings is 1. The number of carbonyl (C=O) groups is 2. The van der Waals surface area contributed by atoms with Crippen LogP contribution < -0.4 is 4.74 Å². The number of esters is 1. The molecule has 0 radical (unpaired) electrons. The molecule has 0 saturated heterocycles. The van der Waals surface area contributed by atoms with Gasteiger partial charge >= 0.3 is 5.97 Å². The highest BCUT2D eigenvalue weighted by Crippen LogP contribution is 2.16. The summed E-state index contributed by atoms with van der Waals surface area (Å²) in [4.78, 5) is 29.4. The average molecular weight is 373 g/mol. The SMILES string of the molecule is Cc1nc(COc2ccc(C(=O)OCC(=O)N(C)CCC#N)cc2)cs1. The summed E-state index contributed by atoms with van der Waals surface area (Å²) in [5.41, 5.74) is 1.18. The van der Waals surface area contributed by atoms with Crippen LogP contribution in [-0.2, 0) is 16.1 Å². The number of amides is 1. The third-order valence-electron chi connectivity index (χ3n) is 3.45. The maximum atomic E-state index is 12.0. The van der Waals surface area contributed by atoms with E-state index in [-0.39, 0.29) is 18.9 Å². The van der Waals surface area contributed by atoms with Gasteiger partial charge in [0.05, 0.1) is 28.8 Å². The lowest BCUT2D eigenvalue weighted by atomic mass is 10.2. The molecule has 2 aromatic rings. The number of nitrogens with zero attached hydrogens (tertiary/aromatic N) is 3. The van der Waals surface area contributed by atoms with Crippen LogP contribution >= 0.6 is 11.3 Å². The molecule has 8 heteroatoms. The number of ether oxygens (including phenoxy) is 2.